The molecule has 0 fully saturated rings. The predicted molar refractivity (Wildman–Crippen MR) is 52.1 cm³/mol. The number of rotatable bonds is 5. The van der Waals surface area contributed by atoms with Gasteiger partial charge in [-0.2, -0.15) is 0 Å². The van der Waals surface area contributed by atoms with E-state index in [1.165, 1.54) is 23.7 Å². The molecule has 56 valence electrons. The molecule has 0 aromatic heterocycles. The minimum atomic E-state index is 0.386. The Hall–Kier alpha value is 0.434. The van der Waals surface area contributed by atoms with Crippen molar-refractivity contribution in [2.45, 2.75) is 44.4 Å². The molecule has 0 amide bonds. The molecule has 0 unspecified atom stereocenters. The van der Waals surface area contributed by atoms with Gasteiger partial charge in [-0.15, -0.1) is 0 Å². The highest BCUT2D eigenvalue weighted by molar-refractivity contribution is 6.58. The van der Waals surface area contributed by atoms with E-state index in [2.05, 4.69) is 20.8 Å². The van der Waals surface area contributed by atoms with Crippen LogP contribution in [-0.4, -0.2) is 19.0 Å². The molecule has 0 rings (SSSR count). The molecule has 0 aromatic carbocycles. The van der Waals surface area contributed by atoms with Gasteiger partial charge in [0.1, 0.15) is 0 Å². The molecule has 0 aliphatic rings. The Morgan fingerprint density at radius 3 is 1.67 bits per heavy atom. The van der Waals surface area contributed by atoms with Crippen LogP contribution < -0.4 is 0 Å². The quantitative estimate of drug-likeness (QED) is 0.533. The zero-order chi connectivity index (χ0) is 7.11. The van der Waals surface area contributed by atoms with E-state index in [0.29, 0.717) is 19.0 Å². The Balaban J connectivity index is 3.18. The van der Waals surface area contributed by atoms with E-state index in [1.807, 2.05) is 0 Å². The average Bonchev–Trinajstić information content (AvgIpc) is 1.88. The molecule has 0 spiro atoms. The van der Waals surface area contributed by atoms with Crippen molar-refractivity contribution < 1.29 is 0 Å². The normalized spacial score (nSPS) is 16.3. The summed E-state index contributed by atoms with van der Waals surface area (Å²) in [6.07, 6.45) is 1.50. The van der Waals surface area contributed by atoms with Crippen LogP contribution in [0.4, 0.5) is 0 Å². The van der Waals surface area contributed by atoms with E-state index in [0.717, 1.165) is 0 Å². The molecule has 0 aliphatic carbocycles. The van der Waals surface area contributed by atoms with Gasteiger partial charge in [-0.3, -0.25) is 0 Å². The van der Waals surface area contributed by atoms with Crippen molar-refractivity contribution >= 4 is 19.0 Å². The van der Waals surface area contributed by atoms with E-state index >= 15 is 0 Å². The summed E-state index contributed by atoms with van der Waals surface area (Å²) in [5, 5.41) is 1.29. The lowest BCUT2D eigenvalue weighted by Crippen LogP contribution is -2.08. The van der Waals surface area contributed by atoms with E-state index in [4.69, 9.17) is 0 Å². The lowest BCUT2D eigenvalue weighted by Gasteiger charge is -2.09. The Kier molecular flexibility index (Phi) is 6.87. The van der Waals surface area contributed by atoms with Gasteiger partial charge in [0, 0.05) is 19.0 Å². The van der Waals surface area contributed by atoms with Gasteiger partial charge in [0.25, 0.3) is 0 Å². The van der Waals surface area contributed by atoms with Gasteiger partial charge in [0.15, 0.2) is 0 Å². The first-order valence-corrected chi connectivity index (χ1v) is 7.98. The summed E-state index contributed by atoms with van der Waals surface area (Å²) < 4.78 is 0. The van der Waals surface area contributed by atoms with Gasteiger partial charge in [-0.1, -0.05) is 44.4 Å². The molecule has 0 nitrogen and oxygen atoms in total. The van der Waals surface area contributed by atoms with Gasteiger partial charge >= 0.3 is 0 Å². The summed E-state index contributed by atoms with van der Waals surface area (Å²) in [5.41, 5.74) is 0. The molecule has 0 saturated heterocycles. The summed E-state index contributed by atoms with van der Waals surface area (Å²) in [6.45, 7) is 7.09. The standard InChI is InChI=1S/C7H20Si2/c1-4-7(8-5-2)9-6-3/h7H,4-6,8-9H2,1-3H3. The lowest BCUT2D eigenvalue weighted by atomic mass is 10.6. The van der Waals surface area contributed by atoms with E-state index in [9.17, 15) is 0 Å². The molecule has 0 aliphatic heterocycles. The maximum atomic E-state index is 2.37. The third-order valence-corrected chi connectivity index (χ3v) is 8.36. The fraction of sp³-hybridized carbons (Fsp3) is 1.00. The first kappa shape index (κ1) is 9.43. The Labute approximate surface area is 64.1 Å². The van der Waals surface area contributed by atoms with E-state index < -0.39 is 0 Å². The number of hydrogen-bond acceptors (Lipinski definition) is 0. The van der Waals surface area contributed by atoms with Crippen LogP contribution in [0.2, 0.25) is 17.3 Å². The Morgan fingerprint density at radius 2 is 1.44 bits per heavy atom. The smallest absolute Gasteiger partial charge is 0.0194 e. The zero-order valence-electron chi connectivity index (χ0n) is 7.11. The van der Waals surface area contributed by atoms with Crippen LogP contribution in [0.3, 0.4) is 0 Å². The van der Waals surface area contributed by atoms with Crippen LogP contribution in [0.15, 0.2) is 0 Å². The average molecular weight is 160 g/mol. The summed E-state index contributed by atoms with van der Waals surface area (Å²) >= 11 is 0. The lowest BCUT2D eigenvalue weighted by molar-refractivity contribution is 0.992. The molecule has 0 aromatic rings. The molecule has 0 heterocycles. The highest BCUT2D eigenvalue weighted by Gasteiger charge is 2.02. The molecule has 9 heavy (non-hydrogen) atoms. The topological polar surface area (TPSA) is 0 Å². The third kappa shape index (κ3) is 4.91. The van der Waals surface area contributed by atoms with Crippen LogP contribution in [0.1, 0.15) is 27.2 Å². The molecule has 0 atom stereocenters. The van der Waals surface area contributed by atoms with Gasteiger partial charge < -0.3 is 0 Å². The highest BCUT2D eigenvalue weighted by Crippen LogP contribution is 2.09. The van der Waals surface area contributed by atoms with Crippen LogP contribution >= 0.6 is 0 Å². The third-order valence-electron chi connectivity index (χ3n) is 1.97. The fourth-order valence-corrected chi connectivity index (χ4v) is 7.42. The molecule has 2 heteroatoms. The fourth-order valence-electron chi connectivity index (χ4n) is 1.37. The second kappa shape index (κ2) is 6.55. The largest absolute Gasteiger partial charge is 0.0683 e. The molecule has 0 radical (unpaired) electrons. The Bertz CT molecular complexity index is 48.9. The van der Waals surface area contributed by atoms with Crippen molar-refractivity contribution in [1.29, 1.82) is 0 Å². The van der Waals surface area contributed by atoms with Crippen LogP contribution in [-0.2, 0) is 0 Å². The second-order valence-corrected chi connectivity index (χ2v) is 9.47. The van der Waals surface area contributed by atoms with Crippen LogP contribution in [0.5, 0.6) is 0 Å². The van der Waals surface area contributed by atoms with Gasteiger partial charge in [-0.05, 0) is 0 Å². The van der Waals surface area contributed by atoms with Crippen LogP contribution in [0.25, 0.3) is 0 Å². The molecule has 0 N–H and O–H groups in total. The van der Waals surface area contributed by atoms with Gasteiger partial charge in [-0.25, -0.2) is 0 Å². The minimum Gasteiger partial charge on any atom is -0.0683 e. The van der Waals surface area contributed by atoms with E-state index in [-0.39, 0.29) is 0 Å². The first-order valence-electron chi connectivity index (χ1n) is 4.35. The summed E-state index contributed by atoms with van der Waals surface area (Å²) in [6, 6.07) is 3.07. The van der Waals surface area contributed by atoms with Crippen molar-refractivity contribution in [3.63, 3.8) is 0 Å². The molecular formula is C7H20Si2. The first-order chi connectivity index (χ1) is 4.35. The molecule has 0 saturated carbocycles. The Morgan fingerprint density at radius 1 is 1.00 bits per heavy atom. The monoisotopic (exact) mass is 160 g/mol. The summed E-state index contributed by atoms with van der Waals surface area (Å²) in [5.74, 6) is 0. The van der Waals surface area contributed by atoms with Gasteiger partial charge in [0.2, 0.25) is 0 Å². The van der Waals surface area contributed by atoms with Crippen molar-refractivity contribution in [1.82, 2.24) is 0 Å². The van der Waals surface area contributed by atoms with Crippen molar-refractivity contribution in [3.8, 4) is 0 Å². The van der Waals surface area contributed by atoms with Crippen LogP contribution in [0, 0.1) is 0 Å². The maximum absolute atomic E-state index is 2.37. The predicted octanol–water partition coefficient (Wildman–Crippen LogP) is 1.36. The minimum absolute atomic E-state index is 0.386. The maximum Gasteiger partial charge on any atom is 0.0194 e. The number of hydrogen-bond donors (Lipinski definition) is 0. The second-order valence-electron chi connectivity index (χ2n) is 2.85. The van der Waals surface area contributed by atoms with Crippen molar-refractivity contribution in [2.24, 2.45) is 0 Å². The highest BCUT2D eigenvalue weighted by atomic mass is 28.3. The van der Waals surface area contributed by atoms with E-state index in [1.54, 1.807) is 0 Å². The summed E-state index contributed by atoms with van der Waals surface area (Å²) in [7, 11) is 0.773. The summed E-state index contributed by atoms with van der Waals surface area (Å²) in [4.78, 5) is 0. The molecule has 0 bridgehead atoms. The molecular weight excluding hydrogens is 140 g/mol. The SMILES string of the molecule is CC[SiH2]C(CC)[SiH2]CC. The van der Waals surface area contributed by atoms with Crippen molar-refractivity contribution in [2.75, 3.05) is 0 Å². The zero-order valence-corrected chi connectivity index (χ0v) is 9.94. The van der Waals surface area contributed by atoms with Gasteiger partial charge in [0.05, 0.1) is 0 Å². The van der Waals surface area contributed by atoms with Crippen molar-refractivity contribution in [3.05, 3.63) is 0 Å².